The molecule has 2 amide bonds. The van der Waals surface area contributed by atoms with Crippen LogP contribution in [0.25, 0.3) is 0 Å². The number of sulfone groups is 1. The maximum Gasteiger partial charge on any atom is 0.413 e. The van der Waals surface area contributed by atoms with E-state index in [0.717, 1.165) is 19.4 Å². The zero-order valence-electron chi connectivity index (χ0n) is 11.6. The Kier molecular flexibility index (Phi) is 5.89. The van der Waals surface area contributed by atoms with Crippen LogP contribution in [0.1, 0.15) is 10.4 Å². The van der Waals surface area contributed by atoms with E-state index in [-0.39, 0.29) is 15.5 Å². The molecule has 0 aromatic heterocycles. The average Bonchev–Trinajstić information content (AvgIpc) is 2.43. The van der Waals surface area contributed by atoms with E-state index in [4.69, 9.17) is 11.6 Å². The number of alkyl carbamates (subject to hydrolysis) is 1. The fraction of sp³-hybridized carbons (Fsp3) is 0.250. The summed E-state index contributed by atoms with van der Waals surface area (Å²) in [6.07, 6.45) is -0.0343. The Balaban J connectivity index is 2.82. The molecule has 1 aromatic carbocycles. The van der Waals surface area contributed by atoms with Crippen LogP contribution in [0, 0.1) is 0 Å². The molecule has 1 N–H and O–H groups in total. The van der Waals surface area contributed by atoms with Crippen molar-refractivity contribution in [2.75, 3.05) is 20.0 Å². The number of imide groups is 1. The lowest BCUT2D eigenvalue weighted by molar-refractivity contribution is -0.123. The topological polar surface area (TPSA) is 116 Å². The molecule has 1 rings (SSSR count). The molecule has 0 aliphatic rings. The van der Waals surface area contributed by atoms with Crippen molar-refractivity contribution in [1.29, 1.82) is 0 Å². The number of nitrogens with one attached hydrogen (secondary N) is 1. The predicted molar refractivity (Wildman–Crippen MR) is 75.4 cm³/mol. The summed E-state index contributed by atoms with van der Waals surface area (Å²) in [4.78, 5) is 33.7. The van der Waals surface area contributed by atoms with Crippen LogP contribution in [0.2, 0.25) is 5.02 Å². The monoisotopic (exact) mass is 349 g/mol. The molecule has 10 heteroatoms. The van der Waals surface area contributed by atoms with Gasteiger partial charge in [0.25, 0.3) is 5.91 Å². The predicted octanol–water partition coefficient (Wildman–Crippen LogP) is 0.783. The molecule has 0 spiro atoms. The Bertz CT molecular complexity index is 714. The smallest absolute Gasteiger partial charge is 0.413 e. The van der Waals surface area contributed by atoms with Crippen molar-refractivity contribution in [3.05, 3.63) is 28.8 Å². The molecule has 0 unspecified atom stereocenters. The lowest BCUT2D eigenvalue weighted by atomic mass is 10.2. The Morgan fingerprint density at radius 2 is 1.91 bits per heavy atom. The normalized spacial score (nSPS) is 10.7. The first-order valence-corrected chi connectivity index (χ1v) is 7.96. The van der Waals surface area contributed by atoms with Crippen LogP contribution in [-0.2, 0) is 24.1 Å². The molecule has 0 fully saturated rings. The number of benzene rings is 1. The summed E-state index contributed by atoms with van der Waals surface area (Å²) in [6, 6.07) is 3.50. The highest BCUT2D eigenvalue weighted by atomic mass is 35.5. The van der Waals surface area contributed by atoms with Crippen LogP contribution in [0.3, 0.4) is 0 Å². The molecule has 0 bridgehead atoms. The van der Waals surface area contributed by atoms with E-state index < -0.39 is 34.4 Å². The second-order valence-electron chi connectivity index (χ2n) is 4.03. The van der Waals surface area contributed by atoms with E-state index in [0.29, 0.717) is 0 Å². The molecular formula is C12H12ClNO7S. The van der Waals surface area contributed by atoms with Gasteiger partial charge in [0.2, 0.25) is 0 Å². The van der Waals surface area contributed by atoms with Gasteiger partial charge in [-0.1, -0.05) is 11.6 Å². The quantitative estimate of drug-likeness (QED) is 0.798. The molecule has 0 atom stereocenters. The third kappa shape index (κ3) is 5.01. The number of esters is 1. The Hall–Kier alpha value is -2.13. The number of halogens is 1. The molecule has 0 aliphatic carbocycles. The van der Waals surface area contributed by atoms with Crippen molar-refractivity contribution in [3.8, 4) is 0 Å². The number of methoxy groups -OCH3 is 1. The summed E-state index contributed by atoms with van der Waals surface area (Å²) in [5.74, 6) is -1.91. The molecule has 120 valence electrons. The van der Waals surface area contributed by atoms with Crippen molar-refractivity contribution in [1.82, 2.24) is 5.32 Å². The number of ether oxygens (including phenoxy) is 2. The SMILES string of the molecule is COC(=O)NC(=O)COC(=O)c1cc(S(C)(=O)=O)ccc1Cl. The summed E-state index contributed by atoms with van der Waals surface area (Å²) in [7, 11) is -2.47. The zero-order chi connectivity index (χ0) is 16.9. The molecule has 0 saturated carbocycles. The molecule has 0 aliphatic heterocycles. The fourth-order valence-electron chi connectivity index (χ4n) is 1.30. The van der Waals surface area contributed by atoms with Crippen LogP contribution in [-0.4, -0.2) is 46.4 Å². The molecular weight excluding hydrogens is 338 g/mol. The Labute approximate surface area is 131 Å². The van der Waals surface area contributed by atoms with Crippen molar-refractivity contribution in [2.24, 2.45) is 0 Å². The minimum atomic E-state index is -3.53. The Morgan fingerprint density at radius 3 is 2.45 bits per heavy atom. The lowest BCUT2D eigenvalue weighted by Gasteiger charge is -2.07. The van der Waals surface area contributed by atoms with E-state index in [9.17, 15) is 22.8 Å². The van der Waals surface area contributed by atoms with Crippen molar-refractivity contribution >= 4 is 39.4 Å². The first kappa shape index (κ1) is 17.9. The van der Waals surface area contributed by atoms with Gasteiger partial charge in [0.15, 0.2) is 16.4 Å². The van der Waals surface area contributed by atoms with Gasteiger partial charge >= 0.3 is 12.1 Å². The van der Waals surface area contributed by atoms with E-state index in [1.54, 1.807) is 5.32 Å². The molecule has 0 saturated heterocycles. The highest BCUT2D eigenvalue weighted by Gasteiger charge is 2.18. The van der Waals surface area contributed by atoms with Gasteiger partial charge in [0.05, 0.1) is 22.6 Å². The van der Waals surface area contributed by atoms with Crippen LogP contribution in [0.15, 0.2) is 23.1 Å². The minimum Gasteiger partial charge on any atom is -0.453 e. The maximum atomic E-state index is 11.8. The third-order valence-electron chi connectivity index (χ3n) is 2.35. The number of rotatable bonds is 4. The molecule has 1 aromatic rings. The number of carbonyl (C=O) groups is 3. The van der Waals surface area contributed by atoms with Gasteiger partial charge in [-0.3, -0.25) is 10.1 Å². The van der Waals surface area contributed by atoms with Gasteiger partial charge in [0.1, 0.15) is 0 Å². The van der Waals surface area contributed by atoms with Gasteiger partial charge in [0, 0.05) is 6.26 Å². The zero-order valence-corrected chi connectivity index (χ0v) is 13.2. The lowest BCUT2D eigenvalue weighted by Crippen LogP contribution is -2.34. The second kappa shape index (κ2) is 7.23. The van der Waals surface area contributed by atoms with Crippen LogP contribution in [0.5, 0.6) is 0 Å². The van der Waals surface area contributed by atoms with Crippen LogP contribution < -0.4 is 5.32 Å². The molecule has 0 heterocycles. The number of hydrogen-bond acceptors (Lipinski definition) is 7. The average molecular weight is 350 g/mol. The number of carbonyl (C=O) groups excluding carboxylic acids is 3. The summed E-state index contributed by atoms with van der Waals surface area (Å²) in [5, 5.41) is 1.74. The van der Waals surface area contributed by atoms with Gasteiger partial charge in [-0.2, -0.15) is 0 Å². The summed E-state index contributed by atoms with van der Waals surface area (Å²) < 4.78 is 31.7. The first-order valence-electron chi connectivity index (χ1n) is 5.69. The van der Waals surface area contributed by atoms with Gasteiger partial charge in [-0.05, 0) is 18.2 Å². The van der Waals surface area contributed by atoms with Crippen molar-refractivity contribution in [3.63, 3.8) is 0 Å². The van der Waals surface area contributed by atoms with Gasteiger partial charge in [-0.15, -0.1) is 0 Å². The van der Waals surface area contributed by atoms with E-state index >= 15 is 0 Å². The highest BCUT2D eigenvalue weighted by molar-refractivity contribution is 7.90. The number of hydrogen-bond donors (Lipinski definition) is 1. The standard InChI is InChI=1S/C12H12ClNO7S/c1-20-12(17)14-10(15)6-21-11(16)8-5-7(22(2,18)19)3-4-9(8)13/h3-5H,6H2,1-2H3,(H,14,15,17). The van der Waals surface area contributed by atoms with Gasteiger partial charge in [-0.25, -0.2) is 18.0 Å². The largest absolute Gasteiger partial charge is 0.453 e. The number of amides is 2. The molecule has 0 radical (unpaired) electrons. The van der Waals surface area contributed by atoms with Crippen molar-refractivity contribution in [2.45, 2.75) is 4.90 Å². The van der Waals surface area contributed by atoms with Crippen LogP contribution >= 0.6 is 11.6 Å². The highest BCUT2D eigenvalue weighted by Crippen LogP contribution is 2.21. The molecule has 8 nitrogen and oxygen atoms in total. The summed E-state index contributed by atoms with van der Waals surface area (Å²) in [5.41, 5.74) is -0.213. The van der Waals surface area contributed by atoms with Gasteiger partial charge < -0.3 is 9.47 Å². The van der Waals surface area contributed by atoms with E-state index in [1.807, 2.05) is 0 Å². The third-order valence-corrected chi connectivity index (χ3v) is 3.79. The minimum absolute atomic E-state index is 0.0363. The maximum absolute atomic E-state index is 11.8. The van der Waals surface area contributed by atoms with Crippen molar-refractivity contribution < 1.29 is 32.3 Å². The van der Waals surface area contributed by atoms with Crippen LogP contribution in [0.4, 0.5) is 4.79 Å². The summed E-state index contributed by atoms with van der Waals surface area (Å²) >= 11 is 5.79. The fourth-order valence-corrected chi connectivity index (χ4v) is 2.14. The first-order chi connectivity index (χ1) is 10.1. The van der Waals surface area contributed by atoms with E-state index in [2.05, 4.69) is 9.47 Å². The Morgan fingerprint density at radius 1 is 1.27 bits per heavy atom. The summed E-state index contributed by atoms with van der Waals surface area (Å²) in [6.45, 7) is -0.757. The van der Waals surface area contributed by atoms with E-state index in [1.165, 1.54) is 12.1 Å². The molecule has 22 heavy (non-hydrogen) atoms. The second-order valence-corrected chi connectivity index (χ2v) is 6.45.